The molecule has 142 valence electrons. The Morgan fingerprint density at radius 3 is 2.46 bits per heavy atom. The molecule has 0 aliphatic heterocycles. The lowest BCUT2D eigenvalue weighted by molar-refractivity contribution is -0.137. The van der Waals surface area contributed by atoms with E-state index in [-0.39, 0.29) is 0 Å². The van der Waals surface area contributed by atoms with Gasteiger partial charge in [-0.1, -0.05) is 61.5 Å². The summed E-state index contributed by atoms with van der Waals surface area (Å²) in [6, 6.07) is 18.1. The van der Waals surface area contributed by atoms with Crippen molar-refractivity contribution < 1.29 is 9.59 Å². The maximum atomic E-state index is 11.3. The summed E-state index contributed by atoms with van der Waals surface area (Å²) in [5, 5.41) is 8.51. The van der Waals surface area contributed by atoms with Crippen molar-refractivity contribution in [2.45, 2.75) is 19.9 Å². The molecule has 0 radical (unpaired) electrons. The Balaban J connectivity index is 1.91. The number of benzene rings is 2. The first-order chi connectivity index (χ1) is 13.6. The summed E-state index contributed by atoms with van der Waals surface area (Å²) >= 11 is 0. The van der Waals surface area contributed by atoms with Gasteiger partial charge in [0.2, 0.25) is 0 Å². The van der Waals surface area contributed by atoms with Crippen molar-refractivity contribution in [1.82, 2.24) is 15.2 Å². The number of nitrogens with one attached hydrogen (secondary N) is 1. The minimum absolute atomic E-state index is 0.600. The second-order valence-electron chi connectivity index (χ2n) is 6.23. The normalized spacial score (nSPS) is 10.9. The van der Waals surface area contributed by atoms with Gasteiger partial charge < -0.3 is 5.73 Å². The minimum atomic E-state index is -1.09. The topological polar surface area (TPSA) is 102 Å². The quantitative estimate of drug-likeness (QED) is 0.392. The summed E-state index contributed by atoms with van der Waals surface area (Å²) in [5.41, 5.74) is 11.7. The molecule has 0 saturated heterocycles. The Hall–Kier alpha value is -3.74. The number of nitrogens with two attached hydrogens (primary N) is 1. The van der Waals surface area contributed by atoms with Crippen molar-refractivity contribution in [2.75, 3.05) is 0 Å². The lowest BCUT2D eigenvalue weighted by atomic mass is 10.1. The average Bonchev–Trinajstić information content (AvgIpc) is 3.11. The van der Waals surface area contributed by atoms with Gasteiger partial charge >= 0.3 is 11.8 Å². The number of carbonyl (C=O) groups is 2. The summed E-state index contributed by atoms with van der Waals surface area (Å²) in [4.78, 5) is 22.1. The van der Waals surface area contributed by atoms with Gasteiger partial charge in [-0.05, 0) is 17.5 Å². The zero-order valence-electron chi connectivity index (χ0n) is 15.5. The predicted octanol–water partition coefficient (Wildman–Crippen LogP) is 2.10. The lowest BCUT2D eigenvalue weighted by Crippen LogP contribution is -2.32. The van der Waals surface area contributed by atoms with E-state index in [4.69, 9.17) is 5.73 Å². The third-order valence-corrected chi connectivity index (χ3v) is 4.21. The van der Waals surface area contributed by atoms with Gasteiger partial charge in [0, 0.05) is 17.3 Å². The first-order valence-corrected chi connectivity index (χ1v) is 8.90. The summed E-state index contributed by atoms with van der Waals surface area (Å²) in [7, 11) is 0. The Morgan fingerprint density at radius 1 is 1.11 bits per heavy atom. The van der Waals surface area contributed by atoms with Gasteiger partial charge in [0.15, 0.2) is 0 Å². The molecule has 1 aromatic heterocycles. The number of hydrazone groups is 1. The Morgan fingerprint density at radius 2 is 1.82 bits per heavy atom. The fourth-order valence-corrected chi connectivity index (χ4v) is 2.72. The highest BCUT2D eigenvalue weighted by molar-refractivity contribution is 6.34. The van der Waals surface area contributed by atoms with E-state index in [1.54, 1.807) is 0 Å². The van der Waals surface area contributed by atoms with Crippen LogP contribution in [0.5, 0.6) is 0 Å². The summed E-state index contributed by atoms with van der Waals surface area (Å²) in [6.07, 6.45) is 4.25. The molecule has 3 N–H and O–H groups in total. The smallest absolute Gasteiger partial charge is 0.329 e. The zero-order chi connectivity index (χ0) is 19.9. The molecule has 0 unspecified atom stereocenters. The minimum Gasteiger partial charge on any atom is -0.361 e. The fraction of sp³-hybridized carbons (Fsp3) is 0.143. The number of carbonyl (C=O) groups excluding carboxylic acids is 2. The van der Waals surface area contributed by atoms with Gasteiger partial charge in [0.1, 0.15) is 5.69 Å². The van der Waals surface area contributed by atoms with E-state index in [9.17, 15) is 9.59 Å². The van der Waals surface area contributed by atoms with Crippen LogP contribution in [-0.4, -0.2) is 27.8 Å². The van der Waals surface area contributed by atoms with Crippen LogP contribution in [0.15, 0.2) is 65.9 Å². The van der Waals surface area contributed by atoms with E-state index < -0.39 is 11.8 Å². The third kappa shape index (κ3) is 4.70. The lowest BCUT2D eigenvalue weighted by Gasteiger charge is -2.02. The molecule has 7 heteroatoms. The molecule has 0 aliphatic rings. The molecule has 0 aliphatic carbocycles. The molecule has 0 saturated carbocycles. The fourth-order valence-electron chi connectivity index (χ4n) is 2.72. The molecule has 0 spiro atoms. The maximum Gasteiger partial charge on any atom is 0.329 e. The van der Waals surface area contributed by atoms with Crippen LogP contribution >= 0.6 is 0 Å². The first kappa shape index (κ1) is 19.0. The van der Waals surface area contributed by atoms with Gasteiger partial charge in [0.05, 0.1) is 12.8 Å². The molecule has 28 heavy (non-hydrogen) atoms. The highest BCUT2D eigenvalue weighted by atomic mass is 16.2. The number of aromatic nitrogens is 2. The van der Waals surface area contributed by atoms with Gasteiger partial charge in [-0.3, -0.25) is 14.3 Å². The van der Waals surface area contributed by atoms with Crippen LogP contribution in [-0.2, 0) is 22.6 Å². The highest BCUT2D eigenvalue weighted by Gasteiger charge is 2.11. The summed E-state index contributed by atoms with van der Waals surface area (Å²) in [6.45, 7) is 2.70. The molecule has 0 fully saturated rings. The van der Waals surface area contributed by atoms with E-state index in [1.807, 2.05) is 53.3 Å². The summed E-state index contributed by atoms with van der Waals surface area (Å²) in [5.74, 6) is -2.06. The van der Waals surface area contributed by atoms with Gasteiger partial charge in [-0.15, -0.1) is 0 Å². The van der Waals surface area contributed by atoms with Crippen LogP contribution in [0.1, 0.15) is 23.6 Å². The molecule has 0 atom stereocenters. The third-order valence-electron chi connectivity index (χ3n) is 4.21. The number of nitrogens with zero attached hydrogens (tertiary/aromatic N) is 3. The number of amides is 2. The Bertz CT molecular complexity index is 991. The van der Waals surface area contributed by atoms with Crippen LogP contribution in [0.2, 0.25) is 0 Å². The van der Waals surface area contributed by atoms with E-state index >= 15 is 0 Å². The van der Waals surface area contributed by atoms with E-state index in [1.165, 1.54) is 11.8 Å². The molecule has 2 amide bonds. The van der Waals surface area contributed by atoms with Gasteiger partial charge in [-0.2, -0.15) is 10.2 Å². The highest BCUT2D eigenvalue weighted by Crippen LogP contribution is 2.22. The van der Waals surface area contributed by atoms with Gasteiger partial charge in [-0.25, -0.2) is 5.43 Å². The monoisotopic (exact) mass is 375 g/mol. The first-order valence-electron chi connectivity index (χ1n) is 8.90. The predicted molar refractivity (Wildman–Crippen MR) is 108 cm³/mol. The molecular weight excluding hydrogens is 354 g/mol. The number of aryl methyl sites for hydroxylation is 1. The van der Waals surface area contributed by atoms with E-state index in [0.717, 1.165) is 23.2 Å². The molecule has 3 aromatic rings. The standard InChI is InChI=1S/C21H21N5O2/c1-2-15-8-10-17(11-9-15)19-18(12-23-24-21(28)20(22)27)14-26(25-19)13-16-6-4-3-5-7-16/h3-12,14H,2,13H2,1H3,(H2,22,27)(H,24,28)/b23-12-. The van der Waals surface area contributed by atoms with Crippen molar-refractivity contribution in [3.05, 3.63) is 77.5 Å². The largest absolute Gasteiger partial charge is 0.361 e. The van der Waals surface area contributed by atoms with Crippen molar-refractivity contribution in [3.8, 4) is 11.3 Å². The van der Waals surface area contributed by atoms with Gasteiger partial charge in [0.25, 0.3) is 0 Å². The molecular formula is C21H21N5O2. The summed E-state index contributed by atoms with van der Waals surface area (Å²) < 4.78 is 1.82. The maximum absolute atomic E-state index is 11.3. The number of rotatable bonds is 6. The van der Waals surface area contributed by atoms with Crippen molar-refractivity contribution in [1.29, 1.82) is 0 Å². The second kappa shape index (κ2) is 8.77. The SMILES string of the molecule is CCc1ccc(-c2nn(Cc3ccccc3)cc2/C=N\NC(=O)C(N)=O)cc1. The average molecular weight is 375 g/mol. The van der Waals surface area contributed by atoms with E-state index in [0.29, 0.717) is 12.1 Å². The molecule has 3 rings (SSSR count). The van der Waals surface area contributed by atoms with Crippen LogP contribution < -0.4 is 11.2 Å². The number of primary amides is 1. The Kier molecular flexibility index (Phi) is 5.96. The van der Waals surface area contributed by atoms with Crippen LogP contribution in [0.25, 0.3) is 11.3 Å². The van der Waals surface area contributed by atoms with Crippen LogP contribution in [0.4, 0.5) is 0 Å². The molecule has 2 aromatic carbocycles. The van der Waals surface area contributed by atoms with Crippen molar-refractivity contribution >= 4 is 18.0 Å². The second-order valence-corrected chi connectivity index (χ2v) is 6.23. The van der Waals surface area contributed by atoms with Crippen LogP contribution in [0.3, 0.4) is 0 Å². The molecule has 7 nitrogen and oxygen atoms in total. The molecule has 0 bridgehead atoms. The number of hydrogen-bond acceptors (Lipinski definition) is 4. The van der Waals surface area contributed by atoms with Crippen molar-refractivity contribution in [2.24, 2.45) is 10.8 Å². The number of hydrogen-bond donors (Lipinski definition) is 2. The zero-order valence-corrected chi connectivity index (χ0v) is 15.5. The van der Waals surface area contributed by atoms with Crippen LogP contribution in [0, 0.1) is 0 Å². The molecule has 1 heterocycles. The van der Waals surface area contributed by atoms with Crippen molar-refractivity contribution in [3.63, 3.8) is 0 Å². The van der Waals surface area contributed by atoms with E-state index in [2.05, 4.69) is 34.7 Å². The Labute approximate surface area is 162 Å².